The van der Waals surface area contributed by atoms with E-state index in [4.69, 9.17) is 34.8 Å². The van der Waals surface area contributed by atoms with E-state index in [0.717, 1.165) is 23.6 Å². The Morgan fingerprint density at radius 2 is 0.923 bits per heavy atom. The van der Waals surface area contributed by atoms with Crippen molar-refractivity contribution in [2.75, 3.05) is 17.6 Å². The third-order valence-corrected chi connectivity index (χ3v) is 8.63. The van der Waals surface area contributed by atoms with Gasteiger partial charge in [0.25, 0.3) is 0 Å². The Morgan fingerprint density at radius 1 is 0.538 bits per heavy atom. The maximum absolute atomic E-state index is 6.68. The molecule has 148 valence electrons. The quantitative estimate of drug-likeness (QED) is 0.305. The minimum Gasteiger partial charge on any atom is -0.126 e. The number of hydrogen-bond donors (Lipinski definition) is 0. The van der Waals surface area contributed by atoms with Crippen molar-refractivity contribution in [1.29, 1.82) is 0 Å². The van der Waals surface area contributed by atoms with Gasteiger partial charge in [-0.1, -0.05) is 43.1 Å². The summed E-state index contributed by atoms with van der Waals surface area (Å²) in [6.07, 6.45) is 8.78. The van der Waals surface area contributed by atoms with Crippen LogP contribution in [0.1, 0.15) is 65.7 Å². The summed E-state index contributed by atoms with van der Waals surface area (Å²) >= 11 is 19.7. The van der Waals surface area contributed by atoms with E-state index in [1.807, 2.05) is 0 Å². The van der Waals surface area contributed by atoms with Crippen LogP contribution >= 0.6 is 34.8 Å². The van der Waals surface area contributed by atoms with E-state index in [1.165, 1.54) is 44.9 Å². The highest BCUT2D eigenvalue weighted by Crippen LogP contribution is 2.57. The lowest BCUT2D eigenvalue weighted by atomic mass is 9.55. The zero-order valence-corrected chi connectivity index (χ0v) is 18.9. The second-order valence-electron chi connectivity index (χ2n) is 8.56. The van der Waals surface area contributed by atoms with Crippen molar-refractivity contribution in [3.8, 4) is 0 Å². The molecule has 0 amide bonds. The van der Waals surface area contributed by atoms with Crippen molar-refractivity contribution >= 4 is 34.8 Å². The number of rotatable bonds is 6. The Bertz CT molecular complexity index is 468. The molecule has 0 saturated carbocycles. The Labute approximate surface area is 175 Å². The minimum atomic E-state index is 0.390. The first-order valence-electron chi connectivity index (χ1n) is 10.8. The zero-order chi connectivity index (χ0) is 18.8. The van der Waals surface area contributed by atoms with Crippen LogP contribution in [0, 0.1) is 35.5 Å². The number of hydrogen-bond acceptors (Lipinski definition) is 0. The van der Waals surface area contributed by atoms with Crippen LogP contribution in [0.4, 0.5) is 0 Å². The third-order valence-electron chi connectivity index (χ3n) is 7.58. The second-order valence-corrected chi connectivity index (χ2v) is 9.48. The molecule has 0 aliphatic heterocycles. The van der Waals surface area contributed by atoms with Gasteiger partial charge >= 0.3 is 0 Å². The van der Waals surface area contributed by atoms with Gasteiger partial charge in [-0.25, -0.2) is 0 Å². The summed E-state index contributed by atoms with van der Waals surface area (Å²) < 4.78 is 0. The molecule has 0 spiro atoms. The van der Waals surface area contributed by atoms with Gasteiger partial charge in [0.1, 0.15) is 0 Å². The van der Waals surface area contributed by atoms with Gasteiger partial charge in [0.05, 0.1) is 0 Å². The molecule has 3 rings (SSSR count). The normalized spacial score (nSPS) is 37.6. The SMILES string of the molecule is CCC1CCC(CCl)C2=C1C(CC)C1=C(C(CCl)CCC1CC)C2CCl. The summed E-state index contributed by atoms with van der Waals surface area (Å²) in [5.74, 6) is 5.66. The smallest absolute Gasteiger partial charge is 0.0326 e. The first-order valence-corrected chi connectivity index (χ1v) is 12.4. The van der Waals surface area contributed by atoms with Gasteiger partial charge < -0.3 is 0 Å². The van der Waals surface area contributed by atoms with Crippen LogP contribution in [0.5, 0.6) is 0 Å². The average Bonchev–Trinajstić information content (AvgIpc) is 2.70. The molecule has 0 nitrogen and oxygen atoms in total. The van der Waals surface area contributed by atoms with Crippen molar-refractivity contribution in [1.82, 2.24) is 0 Å². The average molecular weight is 418 g/mol. The predicted octanol–water partition coefficient (Wildman–Crippen LogP) is 7.82. The highest BCUT2D eigenvalue weighted by Gasteiger charge is 2.46. The predicted molar refractivity (Wildman–Crippen MR) is 116 cm³/mol. The molecular weight excluding hydrogens is 383 g/mol. The van der Waals surface area contributed by atoms with Crippen molar-refractivity contribution < 1.29 is 0 Å². The molecule has 4 unspecified atom stereocenters. The lowest BCUT2D eigenvalue weighted by Crippen LogP contribution is -2.40. The summed E-state index contributed by atoms with van der Waals surface area (Å²) in [6.45, 7) is 7.11. The molecule has 3 aliphatic carbocycles. The topological polar surface area (TPSA) is 0 Å². The van der Waals surface area contributed by atoms with Crippen LogP contribution in [0.2, 0.25) is 0 Å². The lowest BCUT2D eigenvalue weighted by Gasteiger charge is -2.50. The van der Waals surface area contributed by atoms with Gasteiger partial charge in [-0.3, -0.25) is 0 Å². The fraction of sp³-hybridized carbons (Fsp3) is 0.826. The summed E-state index contributed by atoms with van der Waals surface area (Å²) in [6, 6.07) is 0. The number of halogens is 3. The first-order chi connectivity index (χ1) is 12.7. The molecule has 0 radical (unpaired) electrons. The van der Waals surface area contributed by atoms with Crippen molar-refractivity contribution in [2.45, 2.75) is 65.7 Å². The summed E-state index contributed by atoms with van der Waals surface area (Å²) in [5.41, 5.74) is 6.80. The van der Waals surface area contributed by atoms with E-state index in [9.17, 15) is 0 Å². The molecule has 0 aromatic heterocycles. The molecule has 0 aromatic carbocycles. The highest BCUT2D eigenvalue weighted by atomic mass is 35.5. The first kappa shape index (κ1) is 21.1. The molecule has 0 bridgehead atoms. The fourth-order valence-corrected chi connectivity index (χ4v) is 7.40. The molecule has 4 atom stereocenters. The third kappa shape index (κ3) is 3.42. The van der Waals surface area contributed by atoms with Crippen molar-refractivity contribution in [2.24, 2.45) is 35.5 Å². The van der Waals surface area contributed by atoms with Crippen LogP contribution in [-0.2, 0) is 0 Å². The maximum atomic E-state index is 6.68. The molecule has 0 heterocycles. The molecule has 0 fully saturated rings. The van der Waals surface area contributed by atoms with Gasteiger partial charge in [0, 0.05) is 29.5 Å². The number of alkyl halides is 3. The highest BCUT2D eigenvalue weighted by molar-refractivity contribution is 6.19. The standard InChI is InChI=1S/C23H35Cl3/c1-4-14-7-9-16(11-24)22-19(13-26)23-17(12-25)10-8-15(5-2)21(23)18(6-3)20(14)22/h14-19H,4-13H2,1-3H3. The van der Waals surface area contributed by atoms with Crippen molar-refractivity contribution in [3.63, 3.8) is 0 Å². The van der Waals surface area contributed by atoms with Crippen molar-refractivity contribution in [3.05, 3.63) is 22.3 Å². The van der Waals surface area contributed by atoms with Gasteiger partial charge in [0.2, 0.25) is 0 Å². The molecule has 0 saturated heterocycles. The van der Waals surface area contributed by atoms with E-state index in [-0.39, 0.29) is 0 Å². The summed E-state index contributed by atoms with van der Waals surface area (Å²) in [5, 5.41) is 0. The molecule has 3 heteroatoms. The Kier molecular flexibility index (Phi) is 7.48. The Hall–Kier alpha value is 0.350. The van der Waals surface area contributed by atoms with Gasteiger partial charge in [-0.2, -0.15) is 0 Å². The van der Waals surface area contributed by atoms with Gasteiger partial charge in [-0.05, 0) is 68.6 Å². The molecule has 26 heavy (non-hydrogen) atoms. The number of allylic oxidation sites excluding steroid dienone is 4. The second kappa shape index (κ2) is 9.23. The summed E-state index contributed by atoms with van der Waals surface area (Å²) in [7, 11) is 0. The minimum absolute atomic E-state index is 0.390. The Morgan fingerprint density at radius 3 is 1.23 bits per heavy atom. The van der Waals surface area contributed by atoms with Crippen LogP contribution in [0.25, 0.3) is 0 Å². The van der Waals surface area contributed by atoms with Gasteiger partial charge in [0.15, 0.2) is 0 Å². The maximum Gasteiger partial charge on any atom is 0.0326 e. The van der Waals surface area contributed by atoms with E-state index in [0.29, 0.717) is 29.6 Å². The largest absolute Gasteiger partial charge is 0.126 e. The lowest BCUT2D eigenvalue weighted by molar-refractivity contribution is 0.303. The zero-order valence-electron chi connectivity index (χ0n) is 16.7. The van der Waals surface area contributed by atoms with Crippen LogP contribution in [-0.4, -0.2) is 17.6 Å². The molecule has 0 aromatic rings. The van der Waals surface area contributed by atoms with Gasteiger partial charge in [-0.15, -0.1) is 34.8 Å². The van der Waals surface area contributed by atoms with Crippen LogP contribution < -0.4 is 0 Å². The fourth-order valence-electron chi connectivity index (χ4n) is 6.42. The Balaban J connectivity index is 2.21. The van der Waals surface area contributed by atoms with E-state index < -0.39 is 0 Å². The molecular formula is C23H35Cl3. The molecule has 3 aliphatic rings. The van der Waals surface area contributed by atoms with E-state index in [1.54, 1.807) is 22.3 Å². The van der Waals surface area contributed by atoms with E-state index in [2.05, 4.69) is 20.8 Å². The van der Waals surface area contributed by atoms with E-state index >= 15 is 0 Å². The summed E-state index contributed by atoms with van der Waals surface area (Å²) in [4.78, 5) is 0. The molecule has 0 N–H and O–H groups in total. The van der Waals surface area contributed by atoms with Crippen LogP contribution in [0.3, 0.4) is 0 Å². The monoisotopic (exact) mass is 416 g/mol. The van der Waals surface area contributed by atoms with Crippen LogP contribution in [0.15, 0.2) is 22.3 Å².